The molecule has 0 amide bonds. The molecule has 0 saturated carbocycles. The van der Waals surface area contributed by atoms with Crippen LogP contribution in [0.4, 0.5) is 17.3 Å². The average molecular weight is 346 g/mol. The van der Waals surface area contributed by atoms with Crippen molar-refractivity contribution in [2.45, 2.75) is 0 Å². The number of nitrogens with zero attached hydrogens (tertiary/aromatic N) is 4. The Morgan fingerprint density at radius 3 is 2.72 bits per heavy atom. The van der Waals surface area contributed by atoms with Gasteiger partial charge in [0.2, 0.25) is 5.88 Å². The van der Waals surface area contributed by atoms with E-state index in [2.05, 4.69) is 25.2 Å². The molecule has 0 spiro atoms. The molecule has 0 atom stereocenters. The van der Waals surface area contributed by atoms with Gasteiger partial charge in [-0.1, -0.05) is 6.07 Å². The molecule has 0 bridgehead atoms. The monoisotopic (exact) mass is 346 g/mol. The highest BCUT2D eigenvalue weighted by molar-refractivity contribution is 5.75. The predicted molar refractivity (Wildman–Crippen MR) is 94.3 cm³/mol. The van der Waals surface area contributed by atoms with Crippen molar-refractivity contribution in [1.29, 1.82) is 0 Å². The molecule has 0 radical (unpaired) electrons. The molecule has 134 valence electrons. The van der Waals surface area contributed by atoms with Gasteiger partial charge in [0, 0.05) is 32.4 Å². The number of pyridine rings is 1. The first kappa shape index (κ1) is 17.0. The zero-order valence-electron chi connectivity index (χ0n) is 14.1. The van der Waals surface area contributed by atoms with Crippen LogP contribution >= 0.6 is 0 Å². The molecule has 1 aliphatic rings. The Bertz CT molecular complexity index is 679. The maximum atomic E-state index is 6.17. The third-order valence-corrected chi connectivity index (χ3v) is 3.65. The zero-order chi connectivity index (χ0) is 17.5. The second kappa shape index (κ2) is 8.34. The van der Waals surface area contributed by atoms with Gasteiger partial charge in [-0.15, -0.1) is 0 Å². The van der Waals surface area contributed by atoms with Crippen molar-refractivity contribution >= 4 is 17.3 Å². The number of hydrogen-bond donors (Lipinski definition) is 2. The maximum absolute atomic E-state index is 6.17. The topological polar surface area (TPSA) is 108 Å². The highest BCUT2D eigenvalue weighted by Crippen LogP contribution is 2.29. The normalized spacial score (nSPS) is 14.2. The van der Waals surface area contributed by atoms with Crippen molar-refractivity contribution < 1.29 is 14.2 Å². The standard InChI is InChI=1S/C16H22N6O3/c1-18-14-13(17)15(22-6-8-23-9-7-22)21-16(20-14)25-11-10-24-12-4-2-3-5-19-12/h2-5H,6-11,17H2,1H3,(H,18,20,21). The predicted octanol–water partition coefficient (Wildman–Crippen LogP) is 0.790. The van der Waals surface area contributed by atoms with E-state index >= 15 is 0 Å². The average Bonchev–Trinajstić information content (AvgIpc) is 2.67. The molecule has 25 heavy (non-hydrogen) atoms. The van der Waals surface area contributed by atoms with E-state index in [1.54, 1.807) is 19.3 Å². The molecule has 0 aromatic carbocycles. The minimum atomic E-state index is 0.254. The minimum Gasteiger partial charge on any atom is -0.474 e. The van der Waals surface area contributed by atoms with Gasteiger partial charge in [-0.05, 0) is 6.07 Å². The number of nitrogens with two attached hydrogens (primary N) is 1. The van der Waals surface area contributed by atoms with Gasteiger partial charge in [-0.25, -0.2) is 4.98 Å². The summed E-state index contributed by atoms with van der Waals surface area (Å²) in [7, 11) is 1.76. The third-order valence-electron chi connectivity index (χ3n) is 3.65. The second-order valence-corrected chi connectivity index (χ2v) is 5.31. The van der Waals surface area contributed by atoms with Crippen molar-refractivity contribution in [1.82, 2.24) is 15.0 Å². The lowest BCUT2D eigenvalue weighted by molar-refractivity contribution is 0.122. The number of morpholine rings is 1. The van der Waals surface area contributed by atoms with E-state index in [-0.39, 0.29) is 6.01 Å². The molecule has 9 nitrogen and oxygen atoms in total. The molecule has 2 aromatic rings. The maximum Gasteiger partial charge on any atom is 0.320 e. The van der Waals surface area contributed by atoms with E-state index in [1.165, 1.54) is 0 Å². The lowest BCUT2D eigenvalue weighted by atomic mass is 10.3. The molecule has 3 rings (SSSR count). The molecule has 3 N–H and O–H groups in total. The Morgan fingerprint density at radius 1 is 1.20 bits per heavy atom. The summed E-state index contributed by atoms with van der Waals surface area (Å²) in [4.78, 5) is 14.9. The van der Waals surface area contributed by atoms with Crippen LogP contribution < -0.4 is 25.4 Å². The second-order valence-electron chi connectivity index (χ2n) is 5.31. The molecule has 9 heteroatoms. The Morgan fingerprint density at radius 2 is 2.00 bits per heavy atom. The van der Waals surface area contributed by atoms with Crippen LogP contribution in [0.1, 0.15) is 0 Å². The van der Waals surface area contributed by atoms with E-state index in [0.29, 0.717) is 49.6 Å². The summed E-state index contributed by atoms with van der Waals surface area (Å²) in [5.74, 6) is 1.75. The summed E-state index contributed by atoms with van der Waals surface area (Å²) in [5, 5.41) is 2.98. The number of aromatic nitrogens is 3. The first-order valence-electron chi connectivity index (χ1n) is 8.12. The van der Waals surface area contributed by atoms with Crippen LogP contribution in [0.25, 0.3) is 0 Å². The highest BCUT2D eigenvalue weighted by Gasteiger charge is 2.20. The number of nitrogens with one attached hydrogen (secondary N) is 1. The quantitative estimate of drug-likeness (QED) is 0.703. The summed E-state index contributed by atoms with van der Waals surface area (Å²) in [6, 6.07) is 5.73. The lowest BCUT2D eigenvalue weighted by Gasteiger charge is -2.29. The van der Waals surface area contributed by atoms with Crippen molar-refractivity contribution in [3.63, 3.8) is 0 Å². The van der Waals surface area contributed by atoms with E-state index in [4.69, 9.17) is 19.9 Å². The summed E-state index contributed by atoms with van der Waals surface area (Å²) in [5.41, 5.74) is 6.67. The van der Waals surface area contributed by atoms with Crippen molar-refractivity contribution in [3.8, 4) is 11.9 Å². The molecule has 1 saturated heterocycles. The smallest absolute Gasteiger partial charge is 0.320 e. The lowest BCUT2D eigenvalue weighted by Crippen LogP contribution is -2.37. The Hall–Kier alpha value is -2.81. The number of anilines is 3. The van der Waals surface area contributed by atoms with E-state index < -0.39 is 0 Å². The van der Waals surface area contributed by atoms with E-state index in [1.807, 2.05) is 12.1 Å². The van der Waals surface area contributed by atoms with Gasteiger partial charge in [0.05, 0.1) is 13.2 Å². The van der Waals surface area contributed by atoms with Crippen molar-refractivity contribution in [2.75, 3.05) is 62.5 Å². The minimum absolute atomic E-state index is 0.254. The summed E-state index contributed by atoms with van der Waals surface area (Å²) in [6.07, 6.45) is 1.67. The highest BCUT2D eigenvalue weighted by atomic mass is 16.5. The van der Waals surface area contributed by atoms with Crippen molar-refractivity contribution in [3.05, 3.63) is 24.4 Å². The van der Waals surface area contributed by atoms with E-state index in [0.717, 1.165) is 13.1 Å². The molecular formula is C16H22N6O3. The van der Waals surface area contributed by atoms with Crippen molar-refractivity contribution in [2.24, 2.45) is 0 Å². The Balaban J connectivity index is 1.64. The van der Waals surface area contributed by atoms with E-state index in [9.17, 15) is 0 Å². The SMILES string of the molecule is CNc1nc(OCCOc2ccccn2)nc(N2CCOCC2)c1N. The molecule has 1 aliphatic heterocycles. The summed E-state index contributed by atoms with van der Waals surface area (Å²) in [6.45, 7) is 3.39. The molecular weight excluding hydrogens is 324 g/mol. The van der Waals surface area contributed by atoms with Gasteiger partial charge in [-0.2, -0.15) is 9.97 Å². The fraction of sp³-hybridized carbons (Fsp3) is 0.438. The summed E-state index contributed by atoms with van der Waals surface area (Å²) >= 11 is 0. The number of rotatable bonds is 7. The molecule has 3 heterocycles. The van der Waals surface area contributed by atoms with Crippen LogP contribution in [0.2, 0.25) is 0 Å². The first-order valence-corrected chi connectivity index (χ1v) is 8.12. The van der Waals surface area contributed by atoms with Gasteiger partial charge in [0.1, 0.15) is 18.9 Å². The van der Waals surface area contributed by atoms with Gasteiger partial charge in [-0.3, -0.25) is 0 Å². The third kappa shape index (κ3) is 4.38. The zero-order valence-corrected chi connectivity index (χ0v) is 14.1. The Kier molecular flexibility index (Phi) is 5.68. The first-order chi connectivity index (χ1) is 12.3. The van der Waals surface area contributed by atoms with Crippen LogP contribution in [0, 0.1) is 0 Å². The molecule has 1 fully saturated rings. The molecule has 0 aliphatic carbocycles. The van der Waals surface area contributed by atoms with Gasteiger partial charge in [0.15, 0.2) is 11.6 Å². The number of nitrogen functional groups attached to an aromatic ring is 1. The molecule has 2 aromatic heterocycles. The molecule has 0 unspecified atom stereocenters. The van der Waals surface area contributed by atoms with Crippen LogP contribution in [0.3, 0.4) is 0 Å². The largest absolute Gasteiger partial charge is 0.474 e. The summed E-state index contributed by atoms with van der Waals surface area (Å²) < 4.78 is 16.5. The number of ether oxygens (including phenoxy) is 3. The van der Waals surface area contributed by atoms with Crippen LogP contribution in [-0.4, -0.2) is 61.5 Å². The van der Waals surface area contributed by atoms with Gasteiger partial charge >= 0.3 is 6.01 Å². The number of hydrogen-bond acceptors (Lipinski definition) is 9. The van der Waals surface area contributed by atoms with Gasteiger partial charge < -0.3 is 30.2 Å². The van der Waals surface area contributed by atoms with Crippen LogP contribution in [0.5, 0.6) is 11.9 Å². The van der Waals surface area contributed by atoms with Crippen LogP contribution in [-0.2, 0) is 4.74 Å². The fourth-order valence-corrected chi connectivity index (χ4v) is 2.42. The fourth-order valence-electron chi connectivity index (χ4n) is 2.42. The van der Waals surface area contributed by atoms with Crippen LogP contribution in [0.15, 0.2) is 24.4 Å². The Labute approximate surface area is 146 Å². The van der Waals surface area contributed by atoms with Gasteiger partial charge in [0.25, 0.3) is 0 Å².